The number of carboxylic acids is 1. The van der Waals surface area contributed by atoms with E-state index in [-0.39, 0.29) is 11.1 Å². The van der Waals surface area contributed by atoms with Gasteiger partial charge in [0, 0.05) is 0 Å². The van der Waals surface area contributed by atoms with Crippen LogP contribution in [0.2, 0.25) is 0 Å². The second kappa shape index (κ2) is 5.10. The number of nitrogens with one attached hydrogen (secondary N) is 1. The quantitative estimate of drug-likeness (QED) is 0.438. The van der Waals surface area contributed by atoms with Crippen molar-refractivity contribution in [1.82, 2.24) is 5.32 Å². The van der Waals surface area contributed by atoms with E-state index in [1.807, 2.05) is 0 Å². The predicted octanol–water partition coefficient (Wildman–Crippen LogP) is -0.104. The molecule has 0 aliphatic heterocycles. The van der Waals surface area contributed by atoms with Crippen molar-refractivity contribution in [3.63, 3.8) is 0 Å². The topological polar surface area (TPSA) is 66.4 Å². The van der Waals surface area contributed by atoms with Crippen LogP contribution in [0.3, 0.4) is 0 Å². The molecule has 0 aromatic carbocycles. The lowest BCUT2D eigenvalue weighted by molar-refractivity contribution is -0.133. The van der Waals surface area contributed by atoms with Gasteiger partial charge in [0.2, 0.25) is 6.41 Å². The third-order valence-electron chi connectivity index (χ3n) is 0.760. The van der Waals surface area contributed by atoms with Gasteiger partial charge < -0.3 is 10.4 Å². The molecular formula is C5H9NO3S. The van der Waals surface area contributed by atoms with Gasteiger partial charge in [0.1, 0.15) is 0 Å². The summed E-state index contributed by atoms with van der Waals surface area (Å²) in [6.45, 7) is 1.72. The summed E-state index contributed by atoms with van der Waals surface area (Å²) in [5, 5.41) is 10.5. The molecule has 0 spiro atoms. The van der Waals surface area contributed by atoms with Crippen LogP contribution in [0.15, 0.2) is 0 Å². The molecule has 0 saturated carbocycles. The van der Waals surface area contributed by atoms with E-state index < -0.39 is 5.97 Å². The standard InChI is InChI=1S/C5H9NO3S/c1-4(6-3-7)10-2-5(8)9/h3-4H,2H2,1H3,(H,6,7)(H,8,9). The third kappa shape index (κ3) is 5.43. The van der Waals surface area contributed by atoms with E-state index in [0.717, 1.165) is 0 Å². The van der Waals surface area contributed by atoms with Crippen molar-refractivity contribution in [3.05, 3.63) is 0 Å². The molecule has 0 rings (SSSR count). The summed E-state index contributed by atoms with van der Waals surface area (Å²) in [7, 11) is 0. The molecule has 0 aliphatic rings. The zero-order valence-electron chi connectivity index (χ0n) is 5.53. The van der Waals surface area contributed by atoms with Crippen LogP contribution in [0.4, 0.5) is 0 Å². The first-order valence-corrected chi connectivity index (χ1v) is 3.74. The third-order valence-corrected chi connectivity index (χ3v) is 1.81. The molecule has 0 fully saturated rings. The molecule has 0 heterocycles. The normalized spacial score (nSPS) is 12.1. The first-order chi connectivity index (χ1) is 4.66. The van der Waals surface area contributed by atoms with Gasteiger partial charge in [-0.2, -0.15) is 0 Å². The zero-order chi connectivity index (χ0) is 7.98. The van der Waals surface area contributed by atoms with Crippen molar-refractivity contribution in [2.75, 3.05) is 5.75 Å². The van der Waals surface area contributed by atoms with Crippen LogP contribution in [0.5, 0.6) is 0 Å². The Bertz CT molecular complexity index is 128. The van der Waals surface area contributed by atoms with Crippen molar-refractivity contribution >= 4 is 24.1 Å². The van der Waals surface area contributed by atoms with Gasteiger partial charge in [-0.1, -0.05) is 0 Å². The van der Waals surface area contributed by atoms with E-state index in [0.29, 0.717) is 6.41 Å². The number of carboxylic acid groups (broad SMARTS) is 1. The SMILES string of the molecule is CC(NC=O)SCC(=O)O. The molecule has 1 amide bonds. The Balaban J connectivity index is 3.29. The number of aliphatic carboxylic acids is 1. The fourth-order valence-corrected chi connectivity index (χ4v) is 0.885. The maximum atomic E-state index is 9.97. The highest BCUT2D eigenvalue weighted by Gasteiger charge is 2.02. The zero-order valence-corrected chi connectivity index (χ0v) is 6.35. The minimum Gasteiger partial charge on any atom is -0.481 e. The van der Waals surface area contributed by atoms with Crippen molar-refractivity contribution < 1.29 is 14.7 Å². The minimum absolute atomic E-state index is 0.0159. The first-order valence-electron chi connectivity index (χ1n) is 2.70. The summed E-state index contributed by atoms with van der Waals surface area (Å²) in [4.78, 5) is 19.8. The van der Waals surface area contributed by atoms with Crippen LogP contribution in [0.1, 0.15) is 6.92 Å². The Morgan fingerprint density at radius 3 is 2.90 bits per heavy atom. The van der Waals surface area contributed by atoms with E-state index in [4.69, 9.17) is 5.11 Å². The number of amides is 1. The predicted molar refractivity (Wildman–Crippen MR) is 38.8 cm³/mol. The maximum absolute atomic E-state index is 9.97. The minimum atomic E-state index is -0.871. The van der Waals surface area contributed by atoms with Gasteiger partial charge in [-0.3, -0.25) is 9.59 Å². The summed E-state index contributed by atoms with van der Waals surface area (Å²) in [5.74, 6) is -0.855. The Kier molecular flexibility index (Phi) is 4.74. The molecule has 0 aliphatic carbocycles. The fraction of sp³-hybridized carbons (Fsp3) is 0.600. The van der Waals surface area contributed by atoms with E-state index in [1.165, 1.54) is 11.8 Å². The lowest BCUT2D eigenvalue weighted by Crippen LogP contribution is -2.22. The average molecular weight is 163 g/mol. The Morgan fingerprint density at radius 1 is 1.90 bits per heavy atom. The molecule has 10 heavy (non-hydrogen) atoms. The second-order valence-corrected chi connectivity index (χ2v) is 2.96. The molecule has 0 radical (unpaired) electrons. The van der Waals surface area contributed by atoms with Crippen LogP contribution in [0.25, 0.3) is 0 Å². The van der Waals surface area contributed by atoms with Gasteiger partial charge in [0.05, 0.1) is 11.1 Å². The number of rotatable bonds is 5. The number of hydrogen-bond donors (Lipinski definition) is 2. The van der Waals surface area contributed by atoms with Crippen molar-refractivity contribution in [2.45, 2.75) is 12.3 Å². The Hall–Kier alpha value is -0.710. The smallest absolute Gasteiger partial charge is 0.313 e. The first kappa shape index (κ1) is 9.29. The van der Waals surface area contributed by atoms with Gasteiger partial charge in [-0.05, 0) is 6.92 Å². The molecular weight excluding hydrogens is 154 g/mol. The van der Waals surface area contributed by atoms with Crippen LogP contribution < -0.4 is 5.32 Å². The highest BCUT2D eigenvalue weighted by molar-refractivity contribution is 8.00. The lowest BCUT2D eigenvalue weighted by Gasteiger charge is -2.05. The molecule has 1 atom stereocenters. The van der Waals surface area contributed by atoms with Gasteiger partial charge in [-0.25, -0.2) is 0 Å². The van der Waals surface area contributed by atoms with E-state index >= 15 is 0 Å². The molecule has 5 heteroatoms. The second-order valence-electron chi connectivity index (χ2n) is 1.63. The number of carbonyl (C=O) groups excluding carboxylic acids is 1. The molecule has 0 saturated heterocycles. The fourth-order valence-electron chi connectivity index (χ4n) is 0.340. The van der Waals surface area contributed by atoms with Crippen LogP contribution in [-0.2, 0) is 9.59 Å². The van der Waals surface area contributed by atoms with Gasteiger partial charge >= 0.3 is 5.97 Å². The highest BCUT2D eigenvalue weighted by Crippen LogP contribution is 2.04. The van der Waals surface area contributed by atoms with Gasteiger partial charge in [0.25, 0.3) is 0 Å². The van der Waals surface area contributed by atoms with E-state index in [9.17, 15) is 9.59 Å². The summed E-state index contributed by atoms with van der Waals surface area (Å²) in [5.41, 5.74) is 0. The Morgan fingerprint density at radius 2 is 2.50 bits per heavy atom. The van der Waals surface area contributed by atoms with Gasteiger partial charge in [0.15, 0.2) is 0 Å². The molecule has 4 nitrogen and oxygen atoms in total. The molecule has 0 aromatic rings. The number of hydrogen-bond acceptors (Lipinski definition) is 3. The number of thioether (sulfide) groups is 1. The highest BCUT2D eigenvalue weighted by atomic mass is 32.2. The molecule has 0 aromatic heterocycles. The van der Waals surface area contributed by atoms with Crippen molar-refractivity contribution in [3.8, 4) is 0 Å². The summed E-state index contributed by atoms with van der Waals surface area (Å²) < 4.78 is 0. The van der Waals surface area contributed by atoms with E-state index in [1.54, 1.807) is 6.92 Å². The monoisotopic (exact) mass is 163 g/mol. The molecule has 58 valence electrons. The maximum Gasteiger partial charge on any atom is 0.313 e. The summed E-state index contributed by atoms with van der Waals surface area (Å²) >= 11 is 1.17. The average Bonchev–Trinajstić information content (AvgIpc) is 1.85. The van der Waals surface area contributed by atoms with Crippen LogP contribution in [0, 0.1) is 0 Å². The summed E-state index contributed by atoms with van der Waals surface area (Å²) in [6.07, 6.45) is 0.555. The molecule has 1 unspecified atom stereocenters. The lowest BCUT2D eigenvalue weighted by atomic mass is 10.7. The van der Waals surface area contributed by atoms with Crippen molar-refractivity contribution in [2.24, 2.45) is 0 Å². The summed E-state index contributed by atoms with van der Waals surface area (Å²) in [6, 6.07) is 0. The molecule has 2 N–H and O–H groups in total. The van der Waals surface area contributed by atoms with Gasteiger partial charge in [-0.15, -0.1) is 11.8 Å². The largest absolute Gasteiger partial charge is 0.481 e. The van der Waals surface area contributed by atoms with Crippen LogP contribution in [-0.4, -0.2) is 28.6 Å². The van der Waals surface area contributed by atoms with Crippen LogP contribution >= 0.6 is 11.8 Å². The number of carbonyl (C=O) groups is 2. The van der Waals surface area contributed by atoms with Crippen molar-refractivity contribution in [1.29, 1.82) is 0 Å². The Labute approximate surface area is 63.0 Å². The molecule has 0 bridgehead atoms. The van der Waals surface area contributed by atoms with E-state index in [2.05, 4.69) is 5.32 Å².